The number of amides is 1. The fraction of sp³-hybridized carbons (Fsp3) is 0.769. The summed E-state index contributed by atoms with van der Waals surface area (Å²) in [5.74, 6) is 1.58. The van der Waals surface area contributed by atoms with Gasteiger partial charge in [0.25, 0.3) is 0 Å². The maximum atomic E-state index is 12.0. The van der Waals surface area contributed by atoms with Crippen molar-refractivity contribution >= 4 is 34.1 Å². The fourth-order valence-electron chi connectivity index (χ4n) is 2.35. The predicted octanol–water partition coefficient (Wildman–Crippen LogP) is 1.95. The number of nitrogens with zero attached hydrogens (tertiary/aromatic N) is 3. The summed E-state index contributed by atoms with van der Waals surface area (Å²) >= 11 is 3.06. The van der Waals surface area contributed by atoms with Crippen LogP contribution < -0.4 is 5.32 Å². The van der Waals surface area contributed by atoms with Crippen molar-refractivity contribution in [1.29, 1.82) is 0 Å². The number of hydrogen-bond acceptors (Lipinski definition) is 7. The molecule has 0 radical (unpaired) electrons. The number of ether oxygens (including phenoxy) is 1. The summed E-state index contributed by atoms with van der Waals surface area (Å²) in [6.45, 7) is 5.22. The average Bonchev–Trinajstić information content (AvgIpc) is 2.89. The Morgan fingerprint density at radius 3 is 2.90 bits per heavy atom. The van der Waals surface area contributed by atoms with Crippen LogP contribution in [-0.2, 0) is 9.53 Å². The van der Waals surface area contributed by atoms with E-state index in [2.05, 4.69) is 27.3 Å². The van der Waals surface area contributed by atoms with Gasteiger partial charge in [-0.15, -0.1) is 10.2 Å². The van der Waals surface area contributed by atoms with E-state index in [9.17, 15) is 4.79 Å². The van der Waals surface area contributed by atoms with Crippen molar-refractivity contribution in [2.45, 2.75) is 24.1 Å². The summed E-state index contributed by atoms with van der Waals surface area (Å²) in [6, 6.07) is 0. The van der Waals surface area contributed by atoms with Crippen molar-refractivity contribution in [2.24, 2.45) is 5.92 Å². The van der Waals surface area contributed by atoms with Gasteiger partial charge >= 0.3 is 0 Å². The molecule has 1 aliphatic rings. The minimum atomic E-state index is -0.00982. The number of hydrogen-bond donors (Lipinski definition) is 1. The number of anilines is 1. The third-order valence-electron chi connectivity index (χ3n) is 3.40. The maximum Gasteiger partial charge on any atom is 0.240 e. The van der Waals surface area contributed by atoms with E-state index in [0.29, 0.717) is 17.6 Å². The maximum absolute atomic E-state index is 12.0. The quantitative estimate of drug-likeness (QED) is 0.609. The van der Waals surface area contributed by atoms with Gasteiger partial charge in [-0.25, -0.2) is 0 Å². The lowest BCUT2D eigenvalue weighted by Gasteiger charge is -2.30. The van der Waals surface area contributed by atoms with Crippen molar-refractivity contribution in [1.82, 2.24) is 15.1 Å². The average molecular weight is 330 g/mol. The Bertz CT molecular complexity index is 447. The van der Waals surface area contributed by atoms with Crippen LogP contribution in [0.1, 0.15) is 19.8 Å². The molecule has 0 unspecified atom stereocenters. The minimum Gasteiger partial charge on any atom is -0.384 e. The summed E-state index contributed by atoms with van der Waals surface area (Å²) in [7, 11) is 1.74. The number of carbonyl (C=O) groups excluding carboxylic acids is 1. The first kappa shape index (κ1) is 16.7. The lowest BCUT2D eigenvalue weighted by molar-refractivity contribution is -0.117. The largest absolute Gasteiger partial charge is 0.384 e. The van der Waals surface area contributed by atoms with Crippen molar-refractivity contribution < 1.29 is 9.53 Å². The molecule has 1 amide bonds. The number of likely N-dealkylation sites (tertiary alicyclic amines) is 1. The zero-order valence-electron chi connectivity index (χ0n) is 12.5. The molecule has 1 aromatic heterocycles. The van der Waals surface area contributed by atoms with Gasteiger partial charge in [0.05, 0.1) is 6.54 Å². The van der Waals surface area contributed by atoms with Crippen molar-refractivity contribution in [2.75, 3.05) is 44.4 Å². The summed E-state index contributed by atoms with van der Waals surface area (Å²) in [5.41, 5.74) is 0. The topological polar surface area (TPSA) is 67.4 Å². The van der Waals surface area contributed by atoms with E-state index < -0.39 is 0 Å². The number of carbonyl (C=O) groups is 1. The monoisotopic (exact) mass is 330 g/mol. The molecule has 8 heteroatoms. The van der Waals surface area contributed by atoms with Gasteiger partial charge in [-0.2, -0.15) is 0 Å². The Hall–Kier alpha value is -0.700. The van der Waals surface area contributed by atoms with E-state index in [1.54, 1.807) is 18.9 Å². The standard InChI is InChI=1S/C13H22N4O2S2/c1-3-20-13-16-15-12(21-13)14-11(18)8-17-6-4-10(5-7-17)9-19-2/h10H,3-9H2,1-2H3,(H,14,15,18). The van der Waals surface area contributed by atoms with Crippen LogP contribution in [0.3, 0.4) is 0 Å². The van der Waals surface area contributed by atoms with E-state index in [1.807, 2.05) is 0 Å². The first-order valence-electron chi connectivity index (χ1n) is 7.18. The summed E-state index contributed by atoms with van der Waals surface area (Å²) in [6.07, 6.45) is 2.19. The number of thioether (sulfide) groups is 1. The lowest BCUT2D eigenvalue weighted by Crippen LogP contribution is -2.40. The third-order valence-corrected chi connectivity index (χ3v) is 5.25. The van der Waals surface area contributed by atoms with Crippen molar-refractivity contribution in [3.63, 3.8) is 0 Å². The van der Waals surface area contributed by atoms with Crippen LogP contribution in [0.5, 0.6) is 0 Å². The van der Waals surface area contributed by atoms with Crippen LogP contribution in [-0.4, -0.2) is 60.1 Å². The number of aromatic nitrogens is 2. The molecule has 118 valence electrons. The highest BCUT2D eigenvalue weighted by Gasteiger charge is 2.21. The molecular formula is C13H22N4O2S2. The van der Waals surface area contributed by atoms with Gasteiger partial charge in [-0.3, -0.25) is 15.0 Å². The van der Waals surface area contributed by atoms with Crippen LogP contribution >= 0.6 is 23.1 Å². The van der Waals surface area contributed by atoms with E-state index in [1.165, 1.54) is 11.3 Å². The highest BCUT2D eigenvalue weighted by atomic mass is 32.2. The molecule has 0 spiro atoms. The van der Waals surface area contributed by atoms with E-state index in [4.69, 9.17) is 4.74 Å². The molecule has 1 aliphatic heterocycles. The van der Waals surface area contributed by atoms with Gasteiger partial charge in [-0.1, -0.05) is 30.0 Å². The van der Waals surface area contributed by atoms with E-state index in [0.717, 1.165) is 42.6 Å². The molecule has 0 aromatic carbocycles. The summed E-state index contributed by atoms with van der Waals surface area (Å²) < 4.78 is 6.08. The summed E-state index contributed by atoms with van der Waals surface area (Å²) in [5, 5.41) is 11.4. The lowest BCUT2D eigenvalue weighted by atomic mass is 9.98. The first-order valence-corrected chi connectivity index (χ1v) is 8.99. The zero-order valence-corrected chi connectivity index (χ0v) is 14.1. The van der Waals surface area contributed by atoms with E-state index in [-0.39, 0.29) is 5.91 Å². The molecule has 21 heavy (non-hydrogen) atoms. The number of piperidine rings is 1. The molecule has 1 saturated heterocycles. The molecule has 0 bridgehead atoms. The van der Waals surface area contributed by atoms with Crippen molar-refractivity contribution in [3.8, 4) is 0 Å². The van der Waals surface area contributed by atoms with Gasteiger partial charge in [0.15, 0.2) is 4.34 Å². The second kappa shape index (κ2) is 8.67. The molecule has 0 saturated carbocycles. The molecular weight excluding hydrogens is 308 g/mol. The van der Waals surface area contributed by atoms with E-state index >= 15 is 0 Å². The van der Waals surface area contributed by atoms with Crippen molar-refractivity contribution in [3.05, 3.63) is 0 Å². The van der Waals surface area contributed by atoms with Gasteiger partial charge in [-0.05, 0) is 37.6 Å². The Balaban J connectivity index is 1.72. The Morgan fingerprint density at radius 1 is 1.48 bits per heavy atom. The Kier molecular flexibility index (Phi) is 6.88. The number of nitrogens with one attached hydrogen (secondary N) is 1. The molecule has 1 N–H and O–H groups in total. The molecule has 6 nitrogen and oxygen atoms in total. The van der Waals surface area contributed by atoms with Gasteiger partial charge in [0.1, 0.15) is 0 Å². The van der Waals surface area contributed by atoms with Crippen LogP contribution in [0.15, 0.2) is 4.34 Å². The summed E-state index contributed by atoms with van der Waals surface area (Å²) in [4.78, 5) is 14.2. The molecule has 2 rings (SSSR count). The second-order valence-corrected chi connectivity index (χ2v) is 7.52. The molecule has 0 aliphatic carbocycles. The number of rotatable bonds is 7. The Labute approximate surface area is 133 Å². The number of methoxy groups -OCH3 is 1. The van der Waals surface area contributed by atoms with Crippen LogP contribution in [0, 0.1) is 5.92 Å². The van der Waals surface area contributed by atoms with Gasteiger partial charge in [0.2, 0.25) is 11.0 Å². The highest BCUT2D eigenvalue weighted by molar-refractivity contribution is 8.01. The molecule has 0 atom stereocenters. The molecule has 1 fully saturated rings. The molecule has 2 heterocycles. The van der Waals surface area contributed by atoms with Gasteiger partial charge < -0.3 is 4.74 Å². The second-order valence-electron chi connectivity index (χ2n) is 5.03. The van der Waals surface area contributed by atoms with Crippen LogP contribution in [0.25, 0.3) is 0 Å². The van der Waals surface area contributed by atoms with Crippen LogP contribution in [0.4, 0.5) is 5.13 Å². The predicted molar refractivity (Wildman–Crippen MR) is 86.0 cm³/mol. The SMILES string of the molecule is CCSc1nnc(NC(=O)CN2CCC(COC)CC2)s1. The van der Waals surface area contributed by atoms with Crippen LogP contribution in [0.2, 0.25) is 0 Å². The third kappa shape index (κ3) is 5.54. The highest BCUT2D eigenvalue weighted by Crippen LogP contribution is 2.25. The zero-order chi connectivity index (χ0) is 15.1. The molecule has 1 aromatic rings. The smallest absolute Gasteiger partial charge is 0.240 e. The fourth-order valence-corrected chi connectivity index (χ4v) is 4.02. The Morgan fingerprint density at radius 2 is 2.24 bits per heavy atom. The first-order chi connectivity index (χ1) is 10.2. The minimum absolute atomic E-state index is 0.00982. The van der Waals surface area contributed by atoms with Gasteiger partial charge in [0, 0.05) is 13.7 Å². The normalized spacial score (nSPS) is 17.0.